The fourth-order valence-corrected chi connectivity index (χ4v) is 4.64. The van der Waals surface area contributed by atoms with Crippen LogP contribution in [0.3, 0.4) is 0 Å². The Morgan fingerprint density at radius 3 is 1.74 bits per heavy atom. The summed E-state index contributed by atoms with van der Waals surface area (Å²) in [6.45, 7) is 8.30. The first-order chi connectivity index (χ1) is 11.2. The second-order valence-electron chi connectivity index (χ2n) is 7.30. The third-order valence-corrected chi connectivity index (χ3v) is 6.40. The van der Waals surface area contributed by atoms with E-state index in [-0.39, 0.29) is 0 Å². The van der Waals surface area contributed by atoms with Gasteiger partial charge in [-0.25, -0.2) is 0 Å². The molecular formula is C18H36N2O2S. The van der Waals surface area contributed by atoms with Crippen molar-refractivity contribution in [2.24, 2.45) is 5.92 Å². The normalized spacial score (nSPS) is 32.5. The lowest BCUT2D eigenvalue weighted by Crippen LogP contribution is -2.42. The van der Waals surface area contributed by atoms with Gasteiger partial charge >= 0.3 is 0 Å². The fraction of sp³-hybridized carbons (Fsp3) is 1.00. The quantitative estimate of drug-likeness (QED) is 0.673. The Hall–Kier alpha value is 0.190. The van der Waals surface area contributed by atoms with Crippen molar-refractivity contribution in [3.8, 4) is 0 Å². The predicted molar refractivity (Wildman–Crippen MR) is 99.4 cm³/mol. The Morgan fingerprint density at radius 2 is 1.39 bits per heavy atom. The molecule has 5 heteroatoms. The number of rotatable bonds is 0. The standard InChI is InChI=1S/C7H13NO.C6H12S.C5H11NO/c1-8-6-2-3-7(8)5-9-4-6;2*1-6-2-4-7-5-3-6/h6-7H,2-5H2,1H3;6H,2-5H2,1H3;2-5H2,1H3. The summed E-state index contributed by atoms with van der Waals surface area (Å²) in [6.07, 6.45) is 5.59. The molecule has 136 valence electrons. The first-order valence-electron chi connectivity index (χ1n) is 9.30. The van der Waals surface area contributed by atoms with E-state index in [0.717, 1.165) is 57.5 Å². The number of likely N-dealkylation sites (N-methyl/N-ethyl adjacent to an activating group) is 2. The zero-order chi connectivity index (χ0) is 16.5. The number of nitrogens with zero attached hydrogens (tertiary/aromatic N) is 2. The van der Waals surface area contributed by atoms with E-state index in [1.807, 2.05) is 0 Å². The average molecular weight is 345 g/mol. The van der Waals surface area contributed by atoms with Crippen LogP contribution in [-0.4, -0.2) is 87.0 Å². The number of hydrogen-bond donors (Lipinski definition) is 0. The lowest BCUT2D eigenvalue weighted by Gasteiger charge is -2.30. The van der Waals surface area contributed by atoms with Gasteiger partial charge in [-0.15, -0.1) is 0 Å². The second-order valence-corrected chi connectivity index (χ2v) is 8.52. The van der Waals surface area contributed by atoms with Crippen LogP contribution in [0, 0.1) is 5.92 Å². The van der Waals surface area contributed by atoms with Crippen LogP contribution in [0.25, 0.3) is 0 Å². The highest BCUT2D eigenvalue weighted by atomic mass is 32.2. The highest BCUT2D eigenvalue weighted by Gasteiger charge is 2.34. The fourth-order valence-electron chi connectivity index (χ4n) is 3.30. The summed E-state index contributed by atoms with van der Waals surface area (Å²) in [4.78, 5) is 4.73. The van der Waals surface area contributed by atoms with E-state index < -0.39 is 0 Å². The van der Waals surface area contributed by atoms with E-state index in [1.165, 1.54) is 37.2 Å². The van der Waals surface area contributed by atoms with Gasteiger partial charge in [0, 0.05) is 25.2 Å². The van der Waals surface area contributed by atoms with Crippen LogP contribution in [0.15, 0.2) is 0 Å². The Morgan fingerprint density at radius 1 is 0.826 bits per heavy atom. The number of hydrogen-bond acceptors (Lipinski definition) is 5. The second kappa shape index (κ2) is 10.9. The molecule has 4 saturated heterocycles. The SMILES string of the molecule is CC1CCSCC1.CN1C2CCC1COC2.CN1CCOCC1. The van der Waals surface area contributed by atoms with Crippen LogP contribution < -0.4 is 0 Å². The molecule has 4 heterocycles. The van der Waals surface area contributed by atoms with E-state index in [1.54, 1.807) is 0 Å². The van der Waals surface area contributed by atoms with Gasteiger partial charge in [-0.05, 0) is 57.2 Å². The van der Waals surface area contributed by atoms with Crippen LogP contribution in [0.2, 0.25) is 0 Å². The Bertz CT molecular complexity index is 275. The molecule has 0 amide bonds. The number of ether oxygens (including phenoxy) is 2. The van der Waals surface area contributed by atoms with Gasteiger partial charge in [-0.1, -0.05) is 6.92 Å². The number of thioether (sulfide) groups is 1. The van der Waals surface area contributed by atoms with Gasteiger partial charge in [0.2, 0.25) is 0 Å². The maximum Gasteiger partial charge on any atom is 0.0622 e. The van der Waals surface area contributed by atoms with Crippen molar-refractivity contribution in [1.82, 2.24) is 9.80 Å². The molecule has 23 heavy (non-hydrogen) atoms. The van der Waals surface area contributed by atoms with Gasteiger partial charge in [0.05, 0.1) is 26.4 Å². The smallest absolute Gasteiger partial charge is 0.0622 e. The van der Waals surface area contributed by atoms with Crippen LogP contribution in [0.4, 0.5) is 0 Å². The first kappa shape index (κ1) is 19.5. The topological polar surface area (TPSA) is 24.9 Å². The predicted octanol–water partition coefficient (Wildman–Crippen LogP) is 2.58. The van der Waals surface area contributed by atoms with E-state index in [0.29, 0.717) is 0 Å². The molecule has 0 aromatic rings. The number of fused-ring (bicyclic) bond motifs is 2. The van der Waals surface area contributed by atoms with E-state index in [9.17, 15) is 0 Å². The third kappa shape index (κ3) is 7.30. The van der Waals surface area contributed by atoms with Crippen molar-refractivity contribution in [1.29, 1.82) is 0 Å². The molecule has 4 aliphatic rings. The summed E-state index contributed by atoms with van der Waals surface area (Å²) in [5.74, 6) is 3.82. The summed E-state index contributed by atoms with van der Waals surface area (Å²) in [5, 5.41) is 0. The molecular weight excluding hydrogens is 308 g/mol. The zero-order valence-corrected chi connectivity index (χ0v) is 16.2. The van der Waals surface area contributed by atoms with Crippen molar-refractivity contribution >= 4 is 11.8 Å². The maximum atomic E-state index is 5.39. The molecule has 0 spiro atoms. The molecule has 2 unspecified atom stereocenters. The van der Waals surface area contributed by atoms with E-state index in [2.05, 4.69) is 42.6 Å². The molecule has 4 nitrogen and oxygen atoms in total. The van der Waals surface area contributed by atoms with Gasteiger partial charge in [-0.3, -0.25) is 4.90 Å². The number of morpholine rings is 2. The Labute approximate surface area is 147 Å². The highest BCUT2D eigenvalue weighted by Crippen LogP contribution is 2.26. The van der Waals surface area contributed by atoms with Crippen LogP contribution in [0.5, 0.6) is 0 Å². The molecule has 4 fully saturated rings. The van der Waals surface area contributed by atoms with Crippen molar-refractivity contribution in [2.45, 2.75) is 44.7 Å². The third-order valence-electron chi connectivity index (χ3n) is 5.35. The van der Waals surface area contributed by atoms with Gasteiger partial charge in [0.25, 0.3) is 0 Å². The van der Waals surface area contributed by atoms with Crippen molar-refractivity contribution in [3.05, 3.63) is 0 Å². The van der Waals surface area contributed by atoms with Gasteiger partial charge in [-0.2, -0.15) is 11.8 Å². The molecule has 4 aliphatic heterocycles. The lowest BCUT2D eigenvalue weighted by molar-refractivity contribution is -0.000705. The average Bonchev–Trinajstić information content (AvgIpc) is 2.78. The van der Waals surface area contributed by atoms with E-state index >= 15 is 0 Å². The van der Waals surface area contributed by atoms with Crippen molar-refractivity contribution < 1.29 is 9.47 Å². The van der Waals surface area contributed by atoms with Gasteiger partial charge < -0.3 is 14.4 Å². The highest BCUT2D eigenvalue weighted by molar-refractivity contribution is 7.99. The van der Waals surface area contributed by atoms with Crippen LogP contribution >= 0.6 is 11.8 Å². The Balaban J connectivity index is 0.000000127. The summed E-state index contributed by atoms with van der Waals surface area (Å²) >= 11 is 2.10. The van der Waals surface area contributed by atoms with Crippen LogP contribution in [-0.2, 0) is 9.47 Å². The minimum Gasteiger partial charge on any atom is -0.379 e. The Kier molecular flexibility index (Phi) is 9.27. The van der Waals surface area contributed by atoms with Crippen LogP contribution in [0.1, 0.15) is 32.6 Å². The van der Waals surface area contributed by atoms with Crippen molar-refractivity contribution in [2.75, 3.05) is 65.1 Å². The summed E-state index contributed by atoms with van der Waals surface area (Å²) in [6, 6.07) is 1.48. The lowest BCUT2D eigenvalue weighted by atomic mass is 10.1. The molecule has 0 aromatic heterocycles. The minimum atomic E-state index is 0.740. The summed E-state index contributed by atoms with van der Waals surface area (Å²) < 4.78 is 10.5. The molecule has 2 atom stereocenters. The zero-order valence-electron chi connectivity index (χ0n) is 15.3. The largest absolute Gasteiger partial charge is 0.379 e. The first-order valence-corrected chi connectivity index (χ1v) is 10.5. The summed E-state index contributed by atoms with van der Waals surface area (Å²) in [5.41, 5.74) is 0. The van der Waals surface area contributed by atoms with E-state index in [4.69, 9.17) is 9.47 Å². The molecule has 2 bridgehead atoms. The molecule has 0 aliphatic carbocycles. The maximum absolute atomic E-state index is 5.39. The monoisotopic (exact) mass is 344 g/mol. The molecule has 4 rings (SSSR count). The van der Waals surface area contributed by atoms with Gasteiger partial charge in [0.15, 0.2) is 0 Å². The summed E-state index contributed by atoms with van der Waals surface area (Å²) in [7, 11) is 4.33. The van der Waals surface area contributed by atoms with Gasteiger partial charge in [0.1, 0.15) is 0 Å². The molecule has 0 N–H and O–H groups in total. The molecule has 0 aromatic carbocycles. The molecule has 0 saturated carbocycles. The molecule has 0 radical (unpaired) electrons. The minimum absolute atomic E-state index is 0.740. The van der Waals surface area contributed by atoms with Crippen molar-refractivity contribution in [3.63, 3.8) is 0 Å².